The van der Waals surface area contributed by atoms with Crippen molar-refractivity contribution in [3.63, 3.8) is 0 Å². The van der Waals surface area contributed by atoms with Gasteiger partial charge in [-0.3, -0.25) is 0 Å². The van der Waals surface area contributed by atoms with Crippen LogP contribution in [-0.4, -0.2) is 45.2 Å². The van der Waals surface area contributed by atoms with E-state index in [9.17, 15) is 0 Å². The molecule has 0 spiro atoms. The second-order valence-electron chi connectivity index (χ2n) is 8.37. The molecular formula is C25H36N2O. The number of ether oxygens (including phenoxy) is 1. The molecule has 2 aromatic carbocycles. The average Bonchev–Trinajstić information content (AvgIpc) is 2.72. The van der Waals surface area contributed by atoms with Gasteiger partial charge in [0.05, 0.1) is 6.61 Å². The lowest BCUT2D eigenvalue weighted by Gasteiger charge is -2.39. The summed E-state index contributed by atoms with van der Waals surface area (Å²) in [7, 11) is 4.19. The maximum absolute atomic E-state index is 6.31. The maximum atomic E-state index is 6.31. The van der Waals surface area contributed by atoms with Gasteiger partial charge in [-0.1, -0.05) is 43.7 Å². The lowest BCUT2D eigenvalue weighted by molar-refractivity contribution is 0.110. The minimum Gasteiger partial charge on any atom is -0.493 e. The topological polar surface area (TPSA) is 15.7 Å². The summed E-state index contributed by atoms with van der Waals surface area (Å²) in [5.74, 6) is 2.11. The van der Waals surface area contributed by atoms with Crippen LogP contribution in [0.1, 0.15) is 43.2 Å². The van der Waals surface area contributed by atoms with E-state index >= 15 is 0 Å². The Morgan fingerprint density at radius 1 is 1.07 bits per heavy atom. The maximum Gasteiger partial charge on any atom is 0.122 e. The van der Waals surface area contributed by atoms with Crippen molar-refractivity contribution in [3.8, 4) is 5.75 Å². The number of aryl methyl sites for hydroxylation is 1. The third-order valence-electron chi connectivity index (χ3n) is 6.03. The van der Waals surface area contributed by atoms with E-state index in [0.29, 0.717) is 11.8 Å². The highest BCUT2D eigenvalue weighted by atomic mass is 16.5. The van der Waals surface area contributed by atoms with Gasteiger partial charge in [0.15, 0.2) is 0 Å². The molecule has 0 aliphatic carbocycles. The third-order valence-corrected chi connectivity index (χ3v) is 6.03. The Morgan fingerprint density at radius 3 is 2.50 bits per heavy atom. The quantitative estimate of drug-likeness (QED) is 0.614. The molecule has 2 aromatic rings. The summed E-state index contributed by atoms with van der Waals surface area (Å²) in [5.41, 5.74) is 3.93. The van der Waals surface area contributed by atoms with Crippen molar-refractivity contribution in [1.29, 1.82) is 0 Å². The summed E-state index contributed by atoms with van der Waals surface area (Å²) in [5, 5.41) is 0. The van der Waals surface area contributed by atoms with Gasteiger partial charge < -0.3 is 14.5 Å². The first-order chi connectivity index (χ1) is 13.6. The molecule has 1 fully saturated rings. The molecule has 152 valence electrons. The Hall–Kier alpha value is -2.00. The standard InChI is InChI=1S/C25H36N2O/c1-5-6-16-27-17-15-24(21-11-13-23(14-12-21)26(3)4)22(18-27)19-28-25-10-8-7-9-20(25)2/h7-14,22,24H,5-6,15-19H2,1-4H3/t22-,24-/m0/s1. The van der Waals surface area contributed by atoms with Crippen molar-refractivity contribution in [2.45, 2.75) is 39.0 Å². The van der Waals surface area contributed by atoms with E-state index in [1.165, 1.54) is 49.2 Å². The van der Waals surface area contributed by atoms with Crippen LogP contribution in [-0.2, 0) is 0 Å². The fourth-order valence-corrected chi connectivity index (χ4v) is 4.23. The number of rotatable bonds is 8. The summed E-state index contributed by atoms with van der Waals surface area (Å²) >= 11 is 0. The Kier molecular flexibility index (Phi) is 7.38. The summed E-state index contributed by atoms with van der Waals surface area (Å²) in [4.78, 5) is 4.80. The van der Waals surface area contributed by atoms with Crippen LogP contribution in [0, 0.1) is 12.8 Å². The molecule has 0 saturated carbocycles. The summed E-state index contributed by atoms with van der Waals surface area (Å²) in [6.07, 6.45) is 3.76. The Labute approximate surface area is 171 Å². The van der Waals surface area contributed by atoms with E-state index in [1.807, 2.05) is 0 Å². The number of likely N-dealkylation sites (tertiary alicyclic amines) is 1. The molecule has 3 rings (SSSR count). The Morgan fingerprint density at radius 2 is 1.82 bits per heavy atom. The van der Waals surface area contributed by atoms with Crippen LogP contribution in [0.5, 0.6) is 5.75 Å². The number of piperidine rings is 1. The zero-order valence-electron chi connectivity index (χ0n) is 18.0. The minimum absolute atomic E-state index is 0.524. The number of benzene rings is 2. The van der Waals surface area contributed by atoms with Gasteiger partial charge in [-0.05, 0) is 68.1 Å². The molecule has 2 atom stereocenters. The minimum atomic E-state index is 0.524. The van der Waals surface area contributed by atoms with Crippen molar-refractivity contribution in [2.75, 3.05) is 45.2 Å². The van der Waals surface area contributed by atoms with E-state index in [1.54, 1.807) is 0 Å². The molecule has 0 unspecified atom stereocenters. The largest absolute Gasteiger partial charge is 0.493 e. The Balaban J connectivity index is 1.73. The van der Waals surface area contributed by atoms with E-state index in [0.717, 1.165) is 18.9 Å². The van der Waals surface area contributed by atoms with Crippen LogP contribution in [0.25, 0.3) is 0 Å². The van der Waals surface area contributed by atoms with Gasteiger partial charge in [0.2, 0.25) is 0 Å². The molecular weight excluding hydrogens is 344 g/mol. The third kappa shape index (κ3) is 5.29. The van der Waals surface area contributed by atoms with Gasteiger partial charge in [0.25, 0.3) is 0 Å². The van der Waals surface area contributed by atoms with Crippen LogP contribution in [0.3, 0.4) is 0 Å². The molecule has 1 saturated heterocycles. The van der Waals surface area contributed by atoms with Crippen molar-refractivity contribution in [1.82, 2.24) is 4.90 Å². The van der Waals surface area contributed by atoms with Crippen molar-refractivity contribution < 1.29 is 4.74 Å². The highest BCUT2D eigenvalue weighted by Gasteiger charge is 2.30. The van der Waals surface area contributed by atoms with Crippen LogP contribution in [0.15, 0.2) is 48.5 Å². The lowest BCUT2D eigenvalue weighted by Crippen LogP contribution is -2.42. The molecule has 3 nitrogen and oxygen atoms in total. The van der Waals surface area contributed by atoms with Crippen LogP contribution >= 0.6 is 0 Å². The molecule has 1 aliphatic rings. The second-order valence-corrected chi connectivity index (χ2v) is 8.37. The molecule has 0 N–H and O–H groups in total. The van der Waals surface area contributed by atoms with Gasteiger partial charge in [0, 0.05) is 32.2 Å². The molecule has 0 radical (unpaired) electrons. The number of para-hydroxylation sites is 1. The second kappa shape index (κ2) is 9.97. The molecule has 1 aliphatic heterocycles. The predicted octanol–water partition coefficient (Wildman–Crippen LogP) is 5.35. The van der Waals surface area contributed by atoms with E-state index in [4.69, 9.17) is 4.74 Å². The first kappa shape index (κ1) is 20.7. The van der Waals surface area contributed by atoms with Crippen LogP contribution < -0.4 is 9.64 Å². The lowest BCUT2D eigenvalue weighted by atomic mass is 9.80. The van der Waals surface area contributed by atoms with Gasteiger partial charge >= 0.3 is 0 Å². The molecule has 0 aromatic heterocycles. The number of anilines is 1. The molecule has 1 heterocycles. The van der Waals surface area contributed by atoms with Gasteiger partial charge in [-0.15, -0.1) is 0 Å². The first-order valence-electron chi connectivity index (χ1n) is 10.8. The van der Waals surface area contributed by atoms with Crippen molar-refractivity contribution >= 4 is 5.69 Å². The van der Waals surface area contributed by atoms with Crippen LogP contribution in [0.4, 0.5) is 5.69 Å². The van der Waals surface area contributed by atoms with E-state index < -0.39 is 0 Å². The van der Waals surface area contributed by atoms with Gasteiger partial charge in [0.1, 0.15) is 5.75 Å². The highest BCUT2D eigenvalue weighted by Crippen LogP contribution is 2.34. The summed E-state index contributed by atoms with van der Waals surface area (Å²) in [6, 6.07) is 17.5. The predicted molar refractivity (Wildman–Crippen MR) is 120 cm³/mol. The van der Waals surface area contributed by atoms with E-state index in [2.05, 4.69) is 86.3 Å². The fourth-order valence-electron chi connectivity index (χ4n) is 4.23. The van der Waals surface area contributed by atoms with E-state index in [-0.39, 0.29) is 0 Å². The smallest absolute Gasteiger partial charge is 0.122 e. The average molecular weight is 381 g/mol. The zero-order chi connectivity index (χ0) is 19.9. The number of unbranched alkanes of at least 4 members (excludes halogenated alkanes) is 1. The normalized spacial score (nSPS) is 20.1. The van der Waals surface area contributed by atoms with Gasteiger partial charge in [-0.25, -0.2) is 0 Å². The van der Waals surface area contributed by atoms with Crippen molar-refractivity contribution in [2.24, 2.45) is 5.92 Å². The number of nitrogens with zero attached hydrogens (tertiary/aromatic N) is 2. The molecule has 28 heavy (non-hydrogen) atoms. The van der Waals surface area contributed by atoms with Crippen molar-refractivity contribution in [3.05, 3.63) is 59.7 Å². The van der Waals surface area contributed by atoms with Gasteiger partial charge in [-0.2, -0.15) is 0 Å². The molecule has 3 heteroatoms. The first-order valence-corrected chi connectivity index (χ1v) is 10.8. The molecule has 0 amide bonds. The zero-order valence-corrected chi connectivity index (χ0v) is 18.0. The Bertz CT molecular complexity index is 726. The number of hydrogen-bond donors (Lipinski definition) is 0. The van der Waals surface area contributed by atoms with Crippen LogP contribution in [0.2, 0.25) is 0 Å². The summed E-state index contributed by atoms with van der Waals surface area (Å²) < 4.78 is 6.31. The summed E-state index contributed by atoms with van der Waals surface area (Å²) in [6.45, 7) is 8.73. The molecule has 0 bridgehead atoms. The fraction of sp³-hybridized carbons (Fsp3) is 0.520. The highest BCUT2D eigenvalue weighted by molar-refractivity contribution is 5.46. The SMILES string of the molecule is CCCCN1CC[C@@H](c2ccc(N(C)C)cc2)[C@H](COc2ccccc2C)C1. The number of hydrogen-bond acceptors (Lipinski definition) is 3. The monoisotopic (exact) mass is 380 g/mol.